The predicted molar refractivity (Wildman–Crippen MR) is 133 cm³/mol. The Morgan fingerprint density at radius 2 is 1.49 bits per heavy atom. The van der Waals surface area contributed by atoms with Gasteiger partial charge >= 0.3 is 0 Å². The molecule has 184 valence electrons. The summed E-state index contributed by atoms with van der Waals surface area (Å²) in [4.78, 5) is 0. The molecule has 0 amide bonds. The molecular formula is C30H31F3O2. The summed E-state index contributed by atoms with van der Waals surface area (Å²) in [6.07, 6.45) is 7.96. The lowest BCUT2D eigenvalue weighted by Crippen LogP contribution is -2.13. The summed E-state index contributed by atoms with van der Waals surface area (Å²) in [5.74, 6) is -1.44. The molecule has 3 aromatic carbocycles. The summed E-state index contributed by atoms with van der Waals surface area (Å²) in [5, 5.41) is 0. The van der Waals surface area contributed by atoms with Crippen molar-refractivity contribution in [2.75, 3.05) is 6.61 Å². The van der Waals surface area contributed by atoms with Gasteiger partial charge in [0.1, 0.15) is 6.61 Å². The van der Waals surface area contributed by atoms with E-state index in [0.717, 1.165) is 42.4 Å². The molecule has 3 aromatic rings. The fourth-order valence-electron chi connectivity index (χ4n) is 4.78. The molecule has 0 atom stereocenters. The van der Waals surface area contributed by atoms with Gasteiger partial charge in [-0.1, -0.05) is 48.6 Å². The Morgan fingerprint density at radius 3 is 2.14 bits per heavy atom. The van der Waals surface area contributed by atoms with Crippen LogP contribution in [-0.4, -0.2) is 6.61 Å². The Balaban J connectivity index is 1.39. The molecule has 1 aliphatic carbocycles. The molecule has 4 rings (SSSR count). The minimum Gasteiger partial charge on any atom is -0.491 e. The summed E-state index contributed by atoms with van der Waals surface area (Å²) in [6, 6.07) is 15.4. The average Bonchev–Trinajstić information content (AvgIpc) is 2.87. The van der Waals surface area contributed by atoms with Crippen molar-refractivity contribution in [3.8, 4) is 22.6 Å². The number of hydrogen-bond acceptors (Lipinski definition) is 2. The molecule has 0 unspecified atom stereocenters. The average molecular weight is 481 g/mol. The third-order valence-corrected chi connectivity index (χ3v) is 6.67. The van der Waals surface area contributed by atoms with Crippen LogP contribution in [0.3, 0.4) is 0 Å². The van der Waals surface area contributed by atoms with Crippen molar-refractivity contribution in [2.45, 2.75) is 52.1 Å². The van der Waals surface area contributed by atoms with Crippen molar-refractivity contribution in [2.24, 2.45) is 5.92 Å². The molecule has 0 saturated heterocycles. The van der Waals surface area contributed by atoms with Gasteiger partial charge < -0.3 is 9.47 Å². The van der Waals surface area contributed by atoms with Gasteiger partial charge in [-0.05, 0) is 91.8 Å². The lowest BCUT2D eigenvalue weighted by Gasteiger charge is -2.27. The van der Waals surface area contributed by atoms with Gasteiger partial charge in [-0.15, -0.1) is 0 Å². The van der Waals surface area contributed by atoms with Gasteiger partial charge in [0, 0.05) is 0 Å². The number of hydrogen-bond donors (Lipinski definition) is 0. The molecular weight excluding hydrogens is 449 g/mol. The smallest absolute Gasteiger partial charge is 0.200 e. The Kier molecular flexibility index (Phi) is 8.17. The van der Waals surface area contributed by atoms with Gasteiger partial charge in [0.25, 0.3) is 0 Å². The Morgan fingerprint density at radius 1 is 0.800 bits per heavy atom. The van der Waals surface area contributed by atoms with Crippen molar-refractivity contribution in [3.63, 3.8) is 0 Å². The molecule has 1 saturated carbocycles. The molecule has 0 radical (unpaired) electrons. The second-order valence-electron chi connectivity index (χ2n) is 8.98. The first-order chi connectivity index (χ1) is 17.0. The van der Waals surface area contributed by atoms with Gasteiger partial charge in [-0.2, -0.15) is 4.39 Å². The van der Waals surface area contributed by atoms with Gasteiger partial charge in [-0.25, -0.2) is 8.78 Å². The third-order valence-electron chi connectivity index (χ3n) is 6.67. The topological polar surface area (TPSA) is 18.5 Å². The van der Waals surface area contributed by atoms with E-state index in [9.17, 15) is 13.2 Å². The number of allylic oxidation sites excluding steroid dienone is 2. The van der Waals surface area contributed by atoms with Crippen molar-refractivity contribution in [1.29, 1.82) is 0 Å². The first-order valence-corrected chi connectivity index (χ1v) is 12.2. The zero-order chi connectivity index (χ0) is 24.8. The predicted octanol–water partition coefficient (Wildman–Crippen LogP) is 8.60. The van der Waals surface area contributed by atoms with Crippen LogP contribution >= 0.6 is 0 Å². The van der Waals surface area contributed by atoms with Gasteiger partial charge in [-0.3, -0.25) is 0 Å². The summed E-state index contributed by atoms with van der Waals surface area (Å²) in [5.41, 5.74) is 2.80. The van der Waals surface area contributed by atoms with E-state index >= 15 is 0 Å². The first-order valence-electron chi connectivity index (χ1n) is 12.2. The summed E-state index contributed by atoms with van der Waals surface area (Å²) in [7, 11) is 0. The fraction of sp³-hybridized carbons (Fsp3) is 0.333. The maximum atomic E-state index is 14.9. The minimum absolute atomic E-state index is 0.0417. The Labute approximate surface area is 205 Å². The largest absolute Gasteiger partial charge is 0.491 e. The zero-order valence-corrected chi connectivity index (χ0v) is 20.2. The Bertz CT molecular complexity index is 1160. The molecule has 0 bridgehead atoms. The van der Waals surface area contributed by atoms with Crippen LogP contribution in [0.15, 0.2) is 66.7 Å². The summed E-state index contributed by atoms with van der Waals surface area (Å²) < 4.78 is 54.6. The monoisotopic (exact) mass is 480 g/mol. The molecule has 0 N–H and O–H groups in total. The van der Waals surface area contributed by atoms with E-state index in [-0.39, 0.29) is 24.0 Å². The molecule has 0 aromatic heterocycles. The summed E-state index contributed by atoms with van der Waals surface area (Å²) in [6.45, 7) is 4.31. The fourth-order valence-corrected chi connectivity index (χ4v) is 4.78. The molecule has 1 aliphatic rings. The van der Waals surface area contributed by atoms with E-state index in [1.165, 1.54) is 12.1 Å². The van der Waals surface area contributed by atoms with Crippen molar-refractivity contribution in [1.82, 2.24) is 0 Å². The highest BCUT2D eigenvalue weighted by Gasteiger charge is 2.25. The molecule has 0 spiro atoms. The van der Waals surface area contributed by atoms with Crippen LogP contribution in [0.1, 0.15) is 56.6 Å². The minimum atomic E-state index is -0.931. The number of rotatable bonds is 8. The lowest BCUT2D eigenvalue weighted by molar-refractivity contribution is 0.282. The van der Waals surface area contributed by atoms with E-state index in [1.807, 2.05) is 31.2 Å². The quantitative estimate of drug-likeness (QED) is 0.301. The van der Waals surface area contributed by atoms with Gasteiger partial charge in [0.2, 0.25) is 5.82 Å². The molecule has 1 fully saturated rings. The van der Waals surface area contributed by atoms with E-state index in [4.69, 9.17) is 9.47 Å². The standard InChI is InChI=1S/C30H31F3O2/c1-3-5-20-6-12-23(13-7-20)25-15-17-28(30(33)29(25)32)35-19-21-8-10-22(11-9-21)24-14-16-27(34-4-2)26(31)18-24/h3,5,8-11,14-18,20,23H,4,6-7,12-13,19H2,1-2H3. The van der Waals surface area contributed by atoms with Crippen molar-refractivity contribution >= 4 is 0 Å². The van der Waals surface area contributed by atoms with Crippen LogP contribution in [0.4, 0.5) is 13.2 Å². The number of halogens is 3. The van der Waals surface area contributed by atoms with Crippen LogP contribution in [0.5, 0.6) is 11.5 Å². The van der Waals surface area contributed by atoms with Crippen LogP contribution in [-0.2, 0) is 6.61 Å². The van der Waals surface area contributed by atoms with Gasteiger partial charge in [0.15, 0.2) is 23.1 Å². The normalized spacial score (nSPS) is 18.1. The van der Waals surface area contributed by atoms with E-state index in [2.05, 4.69) is 12.2 Å². The molecule has 35 heavy (non-hydrogen) atoms. The van der Waals surface area contributed by atoms with Crippen molar-refractivity contribution in [3.05, 3.63) is 95.3 Å². The molecule has 0 aliphatic heterocycles. The highest BCUT2D eigenvalue weighted by atomic mass is 19.2. The van der Waals surface area contributed by atoms with Crippen LogP contribution in [0.25, 0.3) is 11.1 Å². The Hall–Kier alpha value is -3.21. The van der Waals surface area contributed by atoms with Crippen molar-refractivity contribution < 1.29 is 22.6 Å². The first kappa shape index (κ1) is 24.9. The molecule has 0 heterocycles. The maximum absolute atomic E-state index is 14.9. The highest BCUT2D eigenvalue weighted by Crippen LogP contribution is 2.39. The molecule has 5 heteroatoms. The second kappa shape index (κ2) is 11.5. The lowest BCUT2D eigenvalue weighted by atomic mass is 9.78. The van der Waals surface area contributed by atoms with Crippen LogP contribution in [0, 0.1) is 23.4 Å². The number of benzene rings is 3. The third kappa shape index (κ3) is 5.90. The number of ether oxygens (including phenoxy) is 2. The van der Waals surface area contributed by atoms with Crippen LogP contribution in [0.2, 0.25) is 0 Å². The van der Waals surface area contributed by atoms with E-state index in [1.54, 1.807) is 25.1 Å². The van der Waals surface area contributed by atoms with Gasteiger partial charge in [0.05, 0.1) is 6.61 Å². The maximum Gasteiger partial charge on any atom is 0.200 e. The SMILES string of the molecule is CC=CC1CCC(c2ccc(OCc3ccc(-c4ccc(OCC)c(F)c4)cc3)c(F)c2F)CC1. The second-order valence-corrected chi connectivity index (χ2v) is 8.98. The van der Waals surface area contributed by atoms with E-state index in [0.29, 0.717) is 18.1 Å². The van der Waals surface area contributed by atoms with Crippen LogP contribution < -0.4 is 9.47 Å². The summed E-state index contributed by atoms with van der Waals surface area (Å²) >= 11 is 0. The zero-order valence-electron chi connectivity index (χ0n) is 20.2. The molecule has 2 nitrogen and oxygen atoms in total. The highest BCUT2D eigenvalue weighted by molar-refractivity contribution is 5.64. The van der Waals surface area contributed by atoms with E-state index < -0.39 is 17.5 Å².